The fourth-order valence-electron chi connectivity index (χ4n) is 1.68. The monoisotopic (exact) mass is 528 g/mol. The van der Waals surface area contributed by atoms with Crippen molar-refractivity contribution in [1.82, 2.24) is 16.0 Å². The third-order valence-corrected chi connectivity index (χ3v) is 4.99. The Hall–Kier alpha value is -0.480. The van der Waals surface area contributed by atoms with Crippen molar-refractivity contribution in [2.24, 2.45) is 4.99 Å². The molecule has 0 unspecified atom stereocenters. The lowest BCUT2D eigenvalue weighted by molar-refractivity contribution is 0.0954. The number of nitrogens with zero attached hydrogens (tertiary/aromatic N) is 1. The lowest BCUT2D eigenvalue weighted by Gasteiger charge is -2.23. The number of rotatable bonds is 7. The zero-order valence-electron chi connectivity index (χ0n) is 14.5. The van der Waals surface area contributed by atoms with Crippen LogP contribution in [-0.2, 0) is 0 Å². The summed E-state index contributed by atoms with van der Waals surface area (Å²) < 4.78 is 1.04. The molecule has 1 amide bonds. The second-order valence-electron chi connectivity index (χ2n) is 5.58. The number of halogens is 2. The molecule has 0 heterocycles. The van der Waals surface area contributed by atoms with Gasteiger partial charge < -0.3 is 16.0 Å². The maximum absolute atomic E-state index is 12.0. The number of benzene rings is 1. The number of aliphatic imine (C=N–C) groups is 1. The highest BCUT2D eigenvalue weighted by Gasteiger charge is 2.15. The maximum Gasteiger partial charge on any atom is 0.251 e. The van der Waals surface area contributed by atoms with Gasteiger partial charge in [0.1, 0.15) is 0 Å². The molecule has 0 saturated carbocycles. The van der Waals surface area contributed by atoms with Crippen molar-refractivity contribution in [2.75, 3.05) is 32.9 Å². The van der Waals surface area contributed by atoms with E-state index >= 15 is 0 Å². The Morgan fingerprint density at radius 3 is 2.50 bits per heavy atom. The highest BCUT2D eigenvalue weighted by molar-refractivity contribution is 14.0. The zero-order valence-corrected chi connectivity index (χ0v) is 19.2. The SMILES string of the molecule is CN=C(NCCNC(=O)c1cccc(Br)c1)NCC(C)(C)SC.I. The quantitative estimate of drug-likeness (QED) is 0.220. The molecule has 1 aromatic rings. The smallest absolute Gasteiger partial charge is 0.251 e. The molecule has 0 spiro atoms. The molecule has 0 aromatic heterocycles. The number of carbonyl (C=O) groups excluding carboxylic acids is 1. The molecular formula is C16H26BrIN4OS. The Morgan fingerprint density at radius 1 is 1.25 bits per heavy atom. The molecule has 0 radical (unpaired) electrons. The van der Waals surface area contributed by atoms with Crippen molar-refractivity contribution in [1.29, 1.82) is 0 Å². The minimum Gasteiger partial charge on any atom is -0.355 e. The lowest BCUT2D eigenvalue weighted by Crippen LogP contribution is -2.45. The van der Waals surface area contributed by atoms with Crippen molar-refractivity contribution < 1.29 is 4.79 Å². The summed E-state index contributed by atoms with van der Waals surface area (Å²) in [5.41, 5.74) is 0.642. The first-order valence-corrected chi connectivity index (χ1v) is 9.43. The Morgan fingerprint density at radius 2 is 1.92 bits per heavy atom. The van der Waals surface area contributed by atoms with Crippen LogP contribution < -0.4 is 16.0 Å². The largest absolute Gasteiger partial charge is 0.355 e. The van der Waals surface area contributed by atoms with Crippen LogP contribution in [0.4, 0.5) is 0 Å². The van der Waals surface area contributed by atoms with Gasteiger partial charge in [0.2, 0.25) is 0 Å². The molecular weight excluding hydrogens is 503 g/mol. The maximum atomic E-state index is 12.0. The molecule has 0 atom stereocenters. The van der Waals surface area contributed by atoms with Gasteiger partial charge in [-0.05, 0) is 38.3 Å². The second kappa shape index (κ2) is 12.0. The van der Waals surface area contributed by atoms with Crippen LogP contribution in [0.15, 0.2) is 33.7 Å². The van der Waals surface area contributed by atoms with Gasteiger partial charge in [0.25, 0.3) is 5.91 Å². The third-order valence-electron chi connectivity index (χ3n) is 3.25. The van der Waals surface area contributed by atoms with E-state index in [1.807, 2.05) is 12.1 Å². The van der Waals surface area contributed by atoms with E-state index in [-0.39, 0.29) is 34.6 Å². The van der Waals surface area contributed by atoms with Crippen molar-refractivity contribution >= 4 is 63.5 Å². The van der Waals surface area contributed by atoms with Crippen LogP contribution in [0.25, 0.3) is 0 Å². The Balaban J connectivity index is 0.00000529. The first-order valence-electron chi connectivity index (χ1n) is 7.41. The Labute approximate surface area is 174 Å². The molecule has 8 heteroatoms. The molecule has 136 valence electrons. The summed E-state index contributed by atoms with van der Waals surface area (Å²) in [4.78, 5) is 16.2. The molecule has 1 aromatic carbocycles. The summed E-state index contributed by atoms with van der Waals surface area (Å²) in [5, 5.41) is 9.36. The zero-order chi connectivity index (χ0) is 17.3. The standard InChI is InChI=1S/C16H25BrN4OS.HI/c1-16(2,23-4)11-21-15(18-3)20-9-8-19-14(22)12-6-5-7-13(17)10-12;/h5-7,10H,8-9,11H2,1-4H3,(H,19,22)(H2,18,20,21);1H. The van der Waals surface area contributed by atoms with Crippen LogP contribution in [0.3, 0.4) is 0 Å². The summed E-state index contributed by atoms with van der Waals surface area (Å²) in [5.74, 6) is 0.656. The van der Waals surface area contributed by atoms with E-state index < -0.39 is 0 Å². The molecule has 0 aliphatic rings. The van der Waals surface area contributed by atoms with E-state index in [9.17, 15) is 4.79 Å². The molecule has 0 saturated heterocycles. The molecule has 3 N–H and O–H groups in total. The van der Waals surface area contributed by atoms with Gasteiger partial charge in [-0.3, -0.25) is 9.79 Å². The van der Waals surface area contributed by atoms with Crippen molar-refractivity contribution in [3.05, 3.63) is 34.3 Å². The van der Waals surface area contributed by atoms with Gasteiger partial charge in [-0.1, -0.05) is 22.0 Å². The van der Waals surface area contributed by atoms with Crippen LogP contribution in [0, 0.1) is 0 Å². The molecule has 0 aliphatic carbocycles. The predicted octanol–water partition coefficient (Wildman–Crippen LogP) is 3.10. The second-order valence-corrected chi connectivity index (χ2v) is 8.01. The Kier molecular flexibility index (Phi) is 11.7. The van der Waals surface area contributed by atoms with Crippen molar-refractivity contribution in [3.63, 3.8) is 0 Å². The van der Waals surface area contributed by atoms with E-state index in [1.165, 1.54) is 0 Å². The number of carbonyl (C=O) groups is 1. The highest BCUT2D eigenvalue weighted by Crippen LogP contribution is 2.19. The molecule has 0 aliphatic heterocycles. The number of thioether (sulfide) groups is 1. The molecule has 0 bridgehead atoms. The topological polar surface area (TPSA) is 65.5 Å². The highest BCUT2D eigenvalue weighted by atomic mass is 127. The van der Waals surface area contributed by atoms with Gasteiger partial charge in [-0.25, -0.2) is 0 Å². The van der Waals surface area contributed by atoms with E-state index in [4.69, 9.17) is 0 Å². The van der Waals surface area contributed by atoms with Crippen molar-refractivity contribution in [3.8, 4) is 0 Å². The fraction of sp³-hybridized carbons (Fsp3) is 0.500. The average molecular weight is 529 g/mol. The third kappa shape index (κ3) is 9.12. The summed E-state index contributed by atoms with van der Waals surface area (Å²) >= 11 is 5.17. The van der Waals surface area contributed by atoms with E-state index in [0.717, 1.165) is 17.0 Å². The summed E-state index contributed by atoms with van der Waals surface area (Å²) in [6.45, 7) is 6.31. The van der Waals surface area contributed by atoms with E-state index in [1.54, 1.807) is 30.9 Å². The minimum atomic E-state index is -0.0837. The molecule has 0 fully saturated rings. The molecule has 5 nitrogen and oxygen atoms in total. The number of nitrogens with one attached hydrogen (secondary N) is 3. The van der Waals surface area contributed by atoms with Crippen LogP contribution in [-0.4, -0.2) is 49.6 Å². The van der Waals surface area contributed by atoms with Gasteiger partial charge in [-0.15, -0.1) is 24.0 Å². The van der Waals surface area contributed by atoms with Crippen LogP contribution >= 0.6 is 51.7 Å². The minimum absolute atomic E-state index is 0. The van der Waals surface area contributed by atoms with Gasteiger partial charge >= 0.3 is 0 Å². The number of hydrogen-bond donors (Lipinski definition) is 3. The van der Waals surface area contributed by atoms with E-state index in [0.29, 0.717) is 18.7 Å². The van der Waals surface area contributed by atoms with Crippen LogP contribution in [0.5, 0.6) is 0 Å². The summed E-state index contributed by atoms with van der Waals surface area (Å²) in [6, 6.07) is 7.33. The van der Waals surface area contributed by atoms with Crippen LogP contribution in [0.1, 0.15) is 24.2 Å². The molecule has 24 heavy (non-hydrogen) atoms. The normalized spacial score (nSPS) is 11.5. The average Bonchev–Trinajstić information content (AvgIpc) is 2.54. The number of guanidine groups is 1. The van der Waals surface area contributed by atoms with Gasteiger partial charge in [0.05, 0.1) is 0 Å². The van der Waals surface area contributed by atoms with Crippen LogP contribution in [0.2, 0.25) is 0 Å². The molecule has 1 rings (SSSR count). The fourth-order valence-corrected chi connectivity index (χ4v) is 2.29. The predicted molar refractivity (Wildman–Crippen MR) is 119 cm³/mol. The summed E-state index contributed by atoms with van der Waals surface area (Å²) in [7, 11) is 1.74. The summed E-state index contributed by atoms with van der Waals surface area (Å²) in [6.07, 6.45) is 2.09. The first-order chi connectivity index (χ1) is 10.9. The Bertz CT molecular complexity index is 555. The van der Waals surface area contributed by atoms with Gasteiger partial charge in [0, 0.05) is 41.5 Å². The lowest BCUT2D eigenvalue weighted by atomic mass is 10.2. The number of hydrogen-bond acceptors (Lipinski definition) is 3. The van der Waals surface area contributed by atoms with E-state index in [2.05, 4.69) is 57.0 Å². The van der Waals surface area contributed by atoms with Crippen molar-refractivity contribution in [2.45, 2.75) is 18.6 Å². The van der Waals surface area contributed by atoms with Gasteiger partial charge in [-0.2, -0.15) is 11.8 Å². The number of amides is 1. The first kappa shape index (κ1) is 23.5. The van der Waals surface area contributed by atoms with Gasteiger partial charge in [0.15, 0.2) is 5.96 Å².